The summed E-state index contributed by atoms with van der Waals surface area (Å²) < 4.78 is 5.07. The Labute approximate surface area is 150 Å². The minimum atomic E-state index is -0.171. The lowest BCUT2D eigenvalue weighted by atomic mass is 10.1. The number of aryl methyl sites for hydroxylation is 2. The van der Waals surface area contributed by atoms with Crippen molar-refractivity contribution in [2.24, 2.45) is 0 Å². The minimum absolute atomic E-state index is 0.0286. The van der Waals surface area contributed by atoms with Crippen LogP contribution in [0.2, 0.25) is 5.02 Å². The molecule has 8 heteroatoms. The highest BCUT2D eigenvalue weighted by Gasteiger charge is 2.19. The number of amides is 2. The van der Waals surface area contributed by atoms with Gasteiger partial charge in [0, 0.05) is 24.3 Å². The van der Waals surface area contributed by atoms with Crippen LogP contribution < -0.4 is 15.5 Å². The molecule has 0 bridgehead atoms. The van der Waals surface area contributed by atoms with E-state index in [1.54, 1.807) is 26.0 Å². The predicted molar refractivity (Wildman–Crippen MR) is 95.0 cm³/mol. The average Bonchev–Trinajstić information content (AvgIpc) is 2.87. The number of carbonyl (C=O) groups excluding carboxylic acids is 2. The van der Waals surface area contributed by atoms with Crippen molar-refractivity contribution in [3.63, 3.8) is 0 Å². The molecule has 1 aliphatic heterocycles. The first-order valence-electron chi connectivity index (χ1n) is 7.97. The van der Waals surface area contributed by atoms with E-state index in [1.807, 2.05) is 11.0 Å². The van der Waals surface area contributed by atoms with E-state index in [0.717, 1.165) is 11.3 Å². The molecule has 0 saturated carbocycles. The third kappa shape index (κ3) is 3.93. The number of nitrogens with zero attached hydrogens (tertiary/aromatic N) is 2. The molecule has 0 spiro atoms. The molecular formula is C17H19ClN4O3. The van der Waals surface area contributed by atoms with Crippen LogP contribution in [0.5, 0.6) is 0 Å². The Hall–Kier alpha value is -2.54. The van der Waals surface area contributed by atoms with Crippen LogP contribution >= 0.6 is 11.6 Å². The zero-order valence-electron chi connectivity index (χ0n) is 14.1. The molecule has 0 radical (unpaired) electrons. The monoisotopic (exact) mass is 362 g/mol. The van der Waals surface area contributed by atoms with E-state index in [0.29, 0.717) is 35.3 Å². The van der Waals surface area contributed by atoms with Crippen molar-refractivity contribution in [2.75, 3.05) is 29.9 Å². The summed E-state index contributed by atoms with van der Waals surface area (Å²) in [6.07, 6.45) is 0.187. The Balaban J connectivity index is 1.68. The molecular weight excluding hydrogens is 344 g/mol. The molecule has 0 unspecified atom stereocenters. The number of hydrogen-bond acceptors (Lipinski definition) is 5. The lowest BCUT2D eigenvalue weighted by molar-refractivity contribution is -0.120. The maximum Gasteiger partial charge on any atom is 0.239 e. The molecule has 2 amide bonds. The maximum absolute atomic E-state index is 12.2. The highest BCUT2D eigenvalue weighted by atomic mass is 35.5. The lowest BCUT2D eigenvalue weighted by Gasteiger charge is -2.29. The summed E-state index contributed by atoms with van der Waals surface area (Å²) in [7, 11) is 0. The van der Waals surface area contributed by atoms with Gasteiger partial charge in [0.25, 0.3) is 0 Å². The van der Waals surface area contributed by atoms with E-state index < -0.39 is 0 Å². The molecule has 2 N–H and O–H groups in total. The van der Waals surface area contributed by atoms with Gasteiger partial charge in [-0.2, -0.15) is 0 Å². The molecule has 7 nitrogen and oxygen atoms in total. The number of carbonyl (C=O) groups is 2. The van der Waals surface area contributed by atoms with Crippen LogP contribution in [-0.2, 0) is 16.0 Å². The van der Waals surface area contributed by atoms with Gasteiger partial charge < -0.3 is 20.1 Å². The number of hydrogen-bond donors (Lipinski definition) is 2. The molecule has 25 heavy (non-hydrogen) atoms. The van der Waals surface area contributed by atoms with E-state index >= 15 is 0 Å². The van der Waals surface area contributed by atoms with Gasteiger partial charge in [-0.1, -0.05) is 16.8 Å². The van der Waals surface area contributed by atoms with Crippen LogP contribution in [0.1, 0.15) is 17.0 Å². The van der Waals surface area contributed by atoms with Crippen LogP contribution in [0.4, 0.5) is 11.4 Å². The van der Waals surface area contributed by atoms with E-state index in [4.69, 9.17) is 16.1 Å². The van der Waals surface area contributed by atoms with Crippen molar-refractivity contribution in [2.45, 2.75) is 20.3 Å². The summed E-state index contributed by atoms with van der Waals surface area (Å²) in [5.41, 5.74) is 2.89. The van der Waals surface area contributed by atoms with Crippen LogP contribution in [0.15, 0.2) is 22.7 Å². The number of aromatic nitrogens is 1. The van der Waals surface area contributed by atoms with Crippen molar-refractivity contribution in [1.29, 1.82) is 0 Å². The topological polar surface area (TPSA) is 87.5 Å². The molecule has 3 rings (SSSR count). The van der Waals surface area contributed by atoms with E-state index in [1.165, 1.54) is 0 Å². The van der Waals surface area contributed by atoms with Gasteiger partial charge in [-0.3, -0.25) is 9.59 Å². The van der Waals surface area contributed by atoms with Gasteiger partial charge in [-0.15, -0.1) is 0 Å². The van der Waals surface area contributed by atoms with Gasteiger partial charge in [-0.25, -0.2) is 0 Å². The van der Waals surface area contributed by atoms with Gasteiger partial charge in [0.1, 0.15) is 5.76 Å². The Morgan fingerprint density at radius 2 is 2.24 bits per heavy atom. The Morgan fingerprint density at radius 3 is 2.88 bits per heavy atom. The largest absolute Gasteiger partial charge is 0.361 e. The molecule has 0 atom stereocenters. The highest BCUT2D eigenvalue weighted by molar-refractivity contribution is 6.33. The molecule has 1 aliphatic rings. The number of nitrogens with one attached hydrogen (secondary N) is 2. The molecule has 132 valence electrons. The predicted octanol–water partition coefficient (Wildman–Crippen LogP) is 2.06. The molecule has 1 aromatic carbocycles. The van der Waals surface area contributed by atoms with E-state index in [9.17, 15) is 9.59 Å². The Morgan fingerprint density at radius 1 is 1.44 bits per heavy atom. The van der Waals surface area contributed by atoms with Crippen LogP contribution in [0.25, 0.3) is 0 Å². The van der Waals surface area contributed by atoms with Gasteiger partial charge in [-0.05, 0) is 32.0 Å². The summed E-state index contributed by atoms with van der Waals surface area (Å²) in [6.45, 7) is 5.15. The second kappa shape index (κ2) is 7.14. The highest BCUT2D eigenvalue weighted by Crippen LogP contribution is 2.29. The Bertz CT molecular complexity index is 799. The SMILES string of the molecule is Cc1noc(C)c1CC(=O)Nc1ccc(N2CCNC(=O)C2)c(Cl)c1. The molecule has 1 fully saturated rings. The number of halogens is 1. The zero-order valence-corrected chi connectivity index (χ0v) is 14.8. The summed E-state index contributed by atoms with van der Waals surface area (Å²) in [5.74, 6) is 0.444. The minimum Gasteiger partial charge on any atom is -0.361 e. The smallest absolute Gasteiger partial charge is 0.239 e. The van der Waals surface area contributed by atoms with Crippen molar-refractivity contribution in [1.82, 2.24) is 10.5 Å². The number of benzene rings is 1. The molecule has 0 aliphatic carbocycles. The first-order valence-corrected chi connectivity index (χ1v) is 8.34. The lowest BCUT2D eigenvalue weighted by Crippen LogP contribution is -2.47. The van der Waals surface area contributed by atoms with Crippen molar-refractivity contribution in [3.05, 3.63) is 40.2 Å². The fourth-order valence-electron chi connectivity index (χ4n) is 2.81. The van der Waals surface area contributed by atoms with Crippen LogP contribution in [0, 0.1) is 13.8 Å². The number of piperazine rings is 1. The second-order valence-electron chi connectivity index (χ2n) is 5.97. The standard InChI is InChI=1S/C17H19ClN4O3/c1-10-13(11(2)25-21-10)8-16(23)20-12-3-4-15(14(18)7-12)22-6-5-19-17(24)9-22/h3-4,7H,5-6,8-9H2,1-2H3,(H,19,24)(H,20,23). The van der Waals surface area contributed by atoms with Crippen molar-refractivity contribution in [3.8, 4) is 0 Å². The fraction of sp³-hybridized carbons (Fsp3) is 0.353. The van der Waals surface area contributed by atoms with Crippen molar-refractivity contribution >= 4 is 34.8 Å². The Kier molecular flexibility index (Phi) is 4.94. The fourth-order valence-corrected chi connectivity index (χ4v) is 3.11. The van der Waals surface area contributed by atoms with Gasteiger partial charge in [0.2, 0.25) is 11.8 Å². The van der Waals surface area contributed by atoms with Crippen LogP contribution in [-0.4, -0.2) is 36.6 Å². The van der Waals surface area contributed by atoms with E-state index in [-0.39, 0.29) is 24.8 Å². The molecule has 1 aromatic heterocycles. The molecule has 2 heterocycles. The summed E-state index contributed by atoms with van der Waals surface area (Å²) in [4.78, 5) is 25.7. The normalized spacial score (nSPS) is 14.4. The number of rotatable bonds is 4. The molecule has 1 saturated heterocycles. The average molecular weight is 363 g/mol. The first-order chi connectivity index (χ1) is 11.9. The quantitative estimate of drug-likeness (QED) is 0.869. The van der Waals surface area contributed by atoms with Gasteiger partial charge in [0.15, 0.2) is 0 Å². The summed E-state index contributed by atoms with van der Waals surface area (Å²) >= 11 is 6.34. The molecule has 2 aromatic rings. The van der Waals surface area contributed by atoms with E-state index in [2.05, 4.69) is 15.8 Å². The van der Waals surface area contributed by atoms with Gasteiger partial charge in [0.05, 0.1) is 29.4 Å². The van der Waals surface area contributed by atoms with Crippen LogP contribution in [0.3, 0.4) is 0 Å². The van der Waals surface area contributed by atoms with Gasteiger partial charge >= 0.3 is 0 Å². The summed E-state index contributed by atoms with van der Waals surface area (Å²) in [5, 5.41) is 9.94. The van der Waals surface area contributed by atoms with Crippen molar-refractivity contribution < 1.29 is 14.1 Å². The number of anilines is 2. The zero-order chi connectivity index (χ0) is 18.0. The first kappa shape index (κ1) is 17.3. The third-order valence-corrected chi connectivity index (χ3v) is 4.43. The third-order valence-electron chi connectivity index (χ3n) is 4.13. The maximum atomic E-state index is 12.2. The second-order valence-corrected chi connectivity index (χ2v) is 6.37. The summed E-state index contributed by atoms with van der Waals surface area (Å²) in [6, 6.07) is 5.28.